The lowest BCUT2D eigenvalue weighted by Gasteiger charge is -2.69. The van der Waals surface area contributed by atoms with Crippen LogP contribution in [0.1, 0.15) is 97.9 Å². The molecular weight excluding hydrogens is 510 g/mol. The summed E-state index contributed by atoms with van der Waals surface area (Å²) >= 11 is 0. The van der Waals surface area contributed by atoms with Gasteiger partial charge in [-0.1, -0.05) is 46.8 Å². The number of hydrogen-bond donors (Lipinski definition) is 2. The second-order valence-corrected chi connectivity index (χ2v) is 16.0. The molecule has 224 valence electrons. The predicted octanol–water partition coefficient (Wildman–Crippen LogP) is 5.92. The topological polar surface area (TPSA) is 86.6 Å². The summed E-state index contributed by atoms with van der Waals surface area (Å²) in [7, 11) is 3.54. The number of aromatic nitrogens is 2. The monoisotopic (exact) mass is 561 g/mol. The molecule has 0 unspecified atom stereocenters. The summed E-state index contributed by atoms with van der Waals surface area (Å²) < 4.78 is 0. The number of amides is 1. The van der Waals surface area contributed by atoms with E-state index in [0.717, 1.165) is 60.9 Å². The molecule has 6 heteroatoms. The van der Waals surface area contributed by atoms with E-state index in [1.54, 1.807) is 19.0 Å². The molecule has 6 rings (SSSR count). The highest BCUT2D eigenvalue weighted by Crippen LogP contribution is 2.75. The number of nitrogens with zero attached hydrogens (tertiary/aromatic N) is 3. The van der Waals surface area contributed by atoms with Gasteiger partial charge in [0.15, 0.2) is 0 Å². The molecule has 0 saturated heterocycles. The van der Waals surface area contributed by atoms with Crippen LogP contribution in [-0.2, 0) is 16.6 Å². The fourth-order valence-electron chi connectivity index (χ4n) is 11.2. The van der Waals surface area contributed by atoms with Gasteiger partial charge in [0, 0.05) is 25.9 Å². The Morgan fingerprint density at radius 2 is 1.63 bits per heavy atom. The van der Waals surface area contributed by atoms with Crippen molar-refractivity contribution in [3.05, 3.63) is 35.7 Å². The van der Waals surface area contributed by atoms with Crippen molar-refractivity contribution in [1.82, 2.24) is 14.9 Å². The lowest BCUT2D eigenvalue weighted by Crippen LogP contribution is -2.66. The molecule has 1 aromatic heterocycles. The van der Waals surface area contributed by atoms with Crippen LogP contribution in [0.25, 0.3) is 11.0 Å². The average molecular weight is 562 g/mol. The molecule has 1 amide bonds. The maximum atomic E-state index is 12.4. The SMILES string of the molecule is CN(C)C(=O)CC[C@](C)(O)[C@H]1CC[C@]2(C)[C@@H]1[C@H](O)C[C@@H]1[C@@]3(C)Cc4nc5ccccc5nc4C(C)(C)[C@@H]3CC[C@]12C. The molecule has 4 aliphatic carbocycles. The minimum Gasteiger partial charge on any atom is -0.393 e. The van der Waals surface area contributed by atoms with Crippen molar-refractivity contribution < 1.29 is 15.0 Å². The third-order valence-electron chi connectivity index (χ3n) is 13.5. The van der Waals surface area contributed by atoms with Gasteiger partial charge in [0.25, 0.3) is 0 Å². The molecule has 1 aromatic carbocycles. The molecular formula is C35H51N3O3. The molecule has 0 spiro atoms. The minimum atomic E-state index is -0.984. The number of rotatable bonds is 4. The molecule has 4 aliphatic rings. The van der Waals surface area contributed by atoms with Gasteiger partial charge in [-0.05, 0) is 104 Å². The van der Waals surface area contributed by atoms with Crippen molar-refractivity contribution in [3.8, 4) is 0 Å². The summed E-state index contributed by atoms with van der Waals surface area (Å²) in [6.45, 7) is 14.1. The quantitative estimate of drug-likeness (QED) is 0.484. The van der Waals surface area contributed by atoms with Crippen LogP contribution >= 0.6 is 0 Å². The Hall–Kier alpha value is -2.05. The molecule has 9 atom stereocenters. The van der Waals surface area contributed by atoms with Crippen molar-refractivity contribution >= 4 is 16.9 Å². The molecule has 0 radical (unpaired) electrons. The first kappa shape index (κ1) is 29.0. The fraction of sp³-hybridized carbons (Fsp3) is 0.743. The Morgan fingerprint density at radius 3 is 2.29 bits per heavy atom. The number of fused-ring (bicyclic) bond motifs is 7. The zero-order chi connectivity index (χ0) is 29.8. The van der Waals surface area contributed by atoms with Gasteiger partial charge in [0.2, 0.25) is 5.91 Å². The van der Waals surface area contributed by atoms with E-state index in [2.05, 4.69) is 46.8 Å². The van der Waals surface area contributed by atoms with E-state index in [-0.39, 0.29) is 39.4 Å². The van der Waals surface area contributed by atoms with Gasteiger partial charge in [-0.2, -0.15) is 0 Å². The summed E-state index contributed by atoms with van der Waals surface area (Å²) in [4.78, 5) is 24.4. The highest BCUT2D eigenvalue weighted by molar-refractivity contribution is 5.75. The van der Waals surface area contributed by atoms with Gasteiger partial charge in [-0.25, -0.2) is 9.97 Å². The minimum absolute atomic E-state index is 0.00562. The number of aliphatic hydroxyl groups is 2. The Kier molecular flexibility index (Phi) is 6.53. The van der Waals surface area contributed by atoms with Crippen molar-refractivity contribution in [2.45, 2.75) is 110 Å². The Labute approximate surface area is 246 Å². The number of aliphatic hydroxyl groups excluding tert-OH is 1. The van der Waals surface area contributed by atoms with Crippen LogP contribution in [0.15, 0.2) is 24.3 Å². The first-order chi connectivity index (χ1) is 19.1. The van der Waals surface area contributed by atoms with Crippen LogP contribution in [0.3, 0.4) is 0 Å². The summed E-state index contributed by atoms with van der Waals surface area (Å²) in [6, 6.07) is 8.23. The molecule has 6 nitrogen and oxygen atoms in total. The second kappa shape index (κ2) is 9.22. The van der Waals surface area contributed by atoms with Crippen LogP contribution in [-0.4, -0.2) is 56.8 Å². The predicted molar refractivity (Wildman–Crippen MR) is 162 cm³/mol. The summed E-state index contributed by atoms with van der Waals surface area (Å²) in [5.41, 5.74) is 3.10. The van der Waals surface area contributed by atoms with Gasteiger partial charge in [-0.3, -0.25) is 4.79 Å². The van der Waals surface area contributed by atoms with E-state index < -0.39 is 11.7 Å². The van der Waals surface area contributed by atoms with E-state index in [0.29, 0.717) is 24.7 Å². The maximum Gasteiger partial charge on any atom is 0.222 e. The molecule has 3 saturated carbocycles. The van der Waals surface area contributed by atoms with Gasteiger partial charge >= 0.3 is 0 Å². The van der Waals surface area contributed by atoms with Gasteiger partial charge in [0.1, 0.15) is 0 Å². The van der Waals surface area contributed by atoms with Crippen molar-refractivity contribution in [1.29, 1.82) is 0 Å². The first-order valence-corrected chi connectivity index (χ1v) is 15.9. The average Bonchev–Trinajstić information content (AvgIpc) is 3.28. The number of hydrogen-bond acceptors (Lipinski definition) is 5. The molecule has 41 heavy (non-hydrogen) atoms. The van der Waals surface area contributed by atoms with Crippen molar-refractivity contribution in [2.24, 2.45) is 39.9 Å². The van der Waals surface area contributed by atoms with Crippen LogP contribution < -0.4 is 0 Å². The Bertz CT molecular complexity index is 1370. The van der Waals surface area contributed by atoms with Crippen molar-refractivity contribution in [3.63, 3.8) is 0 Å². The standard InChI is InChI=1S/C35H51N3O3/c1-31(2)26-14-17-33(4)27(32(26,3)20-24-30(31)37-23-12-10-9-11-22(23)36-24)19-25(39)29-21(13-16-34(29,33)5)35(6,41)18-15-28(40)38(7)8/h9-12,21,25-27,29,39,41H,13-20H2,1-8H3/t21-,25+,26-,27+,29-,32-,33+,34+,35-/m0/s1. The zero-order valence-corrected chi connectivity index (χ0v) is 26.5. The molecule has 0 aliphatic heterocycles. The lowest BCUT2D eigenvalue weighted by molar-refractivity contribution is -0.224. The highest BCUT2D eigenvalue weighted by Gasteiger charge is 2.71. The Balaban J connectivity index is 1.36. The van der Waals surface area contributed by atoms with Gasteiger partial charge < -0.3 is 15.1 Å². The molecule has 3 fully saturated rings. The second-order valence-electron chi connectivity index (χ2n) is 16.0. The zero-order valence-electron chi connectivity index (χ0n) is 26.5. The smallest absolute Gasteiger partial charge is 0.222 e. The number of benzene rings is 1. The van der Waals surface area contributed by atoms with E-state index in [4.69, 9.17) is 9.97 Å². The molecule has 2 aromatic rings. The van der Waals surface area contributed by atoms with Gasteiger partial charge in [0.05, 0.1) is 34.1 Å². The van der Waals surface area contributed by atoms with Crippen molar-refractivity contribution in [2.75, 3.05) is 14.1 Å². The number of para-hydroxylation sites is 2. The third-order valence-corrected chi connectivity index (χ3v) is 13.5. The van der Waals surface area contributed by atoms with Crippen LogP contribution in [0.2, 0.25) is 0 Å². The summed E-state index contributed by atoms with van der Waals surface area (Å²) in [5, 5.41) is 23.9. The normalized spacial score (nSPS) is 40.6. The van der Waals surface area contributed by atoms with Gasteiger partial charge in [-0.15, -0.1) is 0 Å². The molecule has 0 bridgehead atoms. The van der Waals surface area contributed by atoms with E-state index in [9.17, 15) is 15.0 Å². The summed E-state index contributed by atoms with van der Waals surface area (Å²) in [5.74, 6) is 0.873. The third kappa shape index (κ3) is 3.98. The maximum absolute atomic E-state index is 12.4. The van der Waals surface area contributed by atoms with Crippen LogP contribution in [0.4, 0.5) is 0 Å². The van der Waals surface area contributed by atoms with E-state index in [1.165, 1.54) is 0 Å². The molecule has 2 N–H and O–H groups in total. The lowest BCUT2D eigenvalue weighted by atomic mass is 9.35. The van der Waals surface area contributed by atoms with E-state index in [1.807, 2.05) is 19.1 Å². The number of carbonyl (C=O) groups excluding carboxylic acids is 1. The Morgan fingerprint density at radius 1 is 1.00 bits per heavy atom. The fourth-order valence-corrected chi connectivity index (χ4v) is 11.2. The van der Waals surface area contributed by atoms with Crippen LogP contribution in [0, 0.1) is 39.9 Å². The number of carbonyl (C=O) groups is 1. The van der Waals surface area contributed by atoms with E-state index >= 15 is 0 Å². The summed E-state index contributed by atoms with van der Waals surface area (Å²) in [6.07, 6.45) is 6.14. The first-order valence-electron chi connectivity index (χ1n) is 15.9. The highest BCUT2D eigenvalue weighted by atomic mass is 16.3. The largest absolute Gasteiger partial charge is 0.393 e. The van der Waals surface area contributed by atoms with Crippen LogP contribution in [0.5, 0.6) is 0 Å². The molecule has 1 heterocycles.